The number of hydrogen-bond donors (Lipinski definition) is 1. The Bertz CT molecular complexity index is 364. The van der Waals surface area contributed by atoms with Crippen LogP contribution in [-0.4, -0.2) is 18.2 Å². The monoisotopic (exact) mass is 233 g/mol. The van der Waals surface area contributed by atoms with Crippen LogP contribution < -0.4 is 4.90 Å². The van der Waals surface area contributed by atoms with Crippen molar-refractivity contribution in [2.24, 2.45) is 5.92 Å². The van der Waals surface area contributed by atoms with Gasteiger partial charge in [-0.15, -0.1) is 0 Å². The average molecular weight is 233 g/mol. The molecule has 0 saturated carbocycles. The van der Waals surface area contributed by atoms with Crippen molar-refractivity contribution in [2.45, 2.75) is 39.2 Å². The van der Waals surface area contributed by atoms with Gasteiger partial charge in [-0.1, -0.05) is 32.0 Å². The molecule has 2 rings (SSSR count). The van der Waals surface area contributed by atoms with Gasteiger partial charge in [-0.05, 0) is 31.2 Å². The number of aliphatic hydroxyl groups is 1. The number of piperidine rings is 1. The lowest BCUT2D eigenvalue weighted by Gasteiger charge is -2.34. The quantitative estimate of drug-likeness (QED) is 0.865. The van der Waals surface area contributed by atoms with E-state index in [1.807, 2.05) is 13.0 Å². The van der Waals surface area contributed by atoms with Crippen molar-refractivity contribution in [3.63, 3.8) is 0 Å². The highest BCUT2D eigenvalue weighted by molar-refractivity contribution is 5.55. The molecule has 17 heavy (non-hydrogen) atoms. The number of nitrogens with zero attached hydrogens (tertiary/aromatic N) is 1. The van der Waals surface area contributed by atoms with E-state index in [0.717, 1.165) is 31.0 Å². The number of benzene rings is 1. The van der Waals surface area contributed by atoms with Crippen LogP contribution in [0.3, 0.4) is 0 Å². The number of para-hydroxylation sites is 1. The highest BCUT2D eigenvalue weighted by atomic mass is 16.3. The molecule has 0 bridgehead atoms. The van der Waals surface area contributed by atoms with E-state index in [1.165, 1.54) is 18.5 Å². The van der Waals surface area contributed by atoms with E-state index < -0.39 is 0 Å². The third kappa shape index (κ3) is 2.81. The van der Waals surface area contributed by atoms with E-state index in [-0.39, 0.29) is 6.10 Å². The summed E-state index contributed by atoms with van der Waals surface area (Å²) < 4.78 is 0. The van der Waals surface area contributed by atoms with Crippen LogP contribution in [0.1, 0.15) is 44.8 Å². The summed E-state index contributed by atoms with van der Waals surface area (Å²) in [5, 5.41) is 10.1. The second-order valence-electron chi connectivity index (χ2n) is 5.18. The molecule has 0 aromatic heterocycles. The minimum atomic E-state index is -0.330. The molecule has 2 unspecified atom stereocenters. The molecule has 1 aliphatic rings. The molecule has 2 heteroatoms. The Labute approximate surface area is 104 Å². The summed E-state index contributed by atoms with van der Waals surface area (Å²) in [5.41, 5.74) is 2.32. The molecule has 0 radical (unpaired) electrons. The van der Waals surface area contributed by atoms with Gasteiger partial charge in [-0.3, -0.25) is 0 Å². The topological polar surface area (TPSA) is 23.5 Å². The maximum absolute atomic E-state index is 10.1. The minimum absolute atomic E-state index is 0.330. The standard InChI is InChI=1S/C15H23NO/c1-3-15(17)13-8-4-5-9-14(13)16-10-6-7-12(2)11-16/h4-5,8-9,12,15,17H,3,6-7,10-11H2,1-2H3. The Morgan fingerprint density at radius 2 is 2.18 bits per heavy atom. The lowest BCUT2D eigenvalue weighted by molar-refractivity contribution is 0.174. The van der Waals surface area contributed by atoms with Crippen LogP contribution in [0.25, 0.3) is 0 Å². The summed E-state index contributed by atoms with van der Waals surface area (Å²) in [6, 6.07) is 8.29. The van der Waals surface area contributed by atoms with Crippen molar-refractivity contribution in [2.75, 3.05) is 18.0 Å². The Kier molecular flexibility index (Phi) is 4.06. The molecule has 1 aromatic carbocycles. The SMILES string of the molecule is CCC(O)c1ccccc1N1CCCC(C)C1. The predicted molar refractivity (Wildman–Crippen MR) is 72.3 cm³/mol. The summed E-state index contributed by atoms with van der Waals surface area (Å²) in [6.45, 7) is 6.58. The van der Waals surface area contributed by atoms with Gasteiger partial charge in [0, 0.05) is 24.3 Å². The second-order valence-corrected chi connectivity index (χ2v) is 5.18. The first kappa shape index (κ1) is 12.4. The van der Waals surface area contributed by atoms with Crippen LogP contribution >= 0.6 is 0 Å². The second kappa shape index (κ2) is 5.54. The van der Waals surface area contributed by atoms with E-state index in [0.29, 0.717) is 0 Å². The molecule has 0 spiro atoms. The predicted octanol–water partition coefficient (Wildman–Crippen LogP) is 3.37. The minimum Gasteiger partial charge on any atom is -0.388 e. The zero-order valence-electron chi connectivity index (χ0n) is 10.9. The number of anilines is 1. The molecular weight excluding hydrogens is 210 g/mol. The van der Waals surface area contributed by atoms with Crippen molar-refractivity contribution < 1.29 is 5.11 Å². The summed E-state index contributed by atoms with van der Waals surface area (Å²) >= 11 is 0. The van der Waals surface area contributed by atoms with Crippen LogP contribution in [0.15, 0.2) is 24.3 Å². The van der Waals surface area contributed by atoms with E-state index in [1.54, 1.807) is 0 Å². The van der Waals surface area contributed by atoms with Crippen molar-refractivity contribution in [3.8, 4) is 0 Å². The maximum Gasteiger partial charge on any atom is 0.0807 e. The molecule has 1 heterocycles. The van der Waals surface area contributed by atoms with Crippen LogP contribution in [0.5, 0.6) is 0 Å². The fraction of sp³-hybridized carbons (Fsp3) is 0.600. The van der Waals surface area contributed by atoms with Gasteiger partial charge in [0.25, 0.3) is 0 Å². The summed E-state index contributed by atoms with van der Waals surface area (Å²) in [5.74, 6) is 0.760. The van der Waals surface area contributed by atoms with Gasteiger partial charge in [0.1, 0.15) is 0 Å². The lowest BCUT2D eigenvalue weighted by Crippen LogP contribution is -2.35. The molecule has 2 atom stereocenters. The van der Waals surface area contributed by atoms with Gasteiger partial charge in [-0.25, -0.2) is 0 Å². The van der Waals surface area contributed by atoms with Crippen molar-refractivity contribution in [1.82, 2.24) is 0 Å². The Balaban J connectivity index is 2.24. The largest absolute Gasteiger partial charge is 0.388 e. The molecule has 0 aliphatic carbocycles. The van der Waals surface area contributed by atoms with Gasteiger partial charge < -0.3 is 10.0 Å². The van der Waals surface area contributed by atoms with Gasteiger partial charge in [0.2, 0.25) is 0 Å². The smallest absolute Gasteiger partial charge is 0.0807 e. The van der Waals surface area contributed by atoms with Crippen molar-refractivity contribution in [3.05, 3.63) is 29.8 Å². The molecule has 1 aromatic rings. The van der Waals surface area contributed by atoms with Gasteiger partial charge in [0.05, 0.1) is 6.10 Å². The Morgan fingerprint density at radius 1 is 1.41 bits per heavy atom. The normalized spacial score (nSPS) is 22.5. The van der Waals surface area contributed by atoms with E-state index in [9.17, 15) is 5.11 Å². The van der Waals surface area contributed by atoms with E-state index in [2.05, 4.69) is 30.0 Å². The first-order valence-electron chi connectivity index (χ1n) is 6.74. The highest BCUT2D eigenvalue weighted by Gasteiger charge is 2.20. The third-order valence-electron chi connectivity index (χ3n) is 3.68. The highest BCUT2D eigenvalue weighted by Crippen LogP contribution is 2.31. The van der Waals surface area contributed by atoms with Crippen LogP contribution in [0.4, 0.5) is 5.69 Å². The van der Waals surface area contributed by atoms with E-state index in [4.69, 9.17) is 0 Å². The molecular formula is C15H23NO. The summed E-state index contributed by atoms with van der Waals surface area (Å²) in [4.78, 5) is 2.43. The molecule has 1 aliphatic heterocycles. The average Bonchev–Trinajstić information content (AvgIpc) is 2.38. The molecule has 1 fully saturated rings. The first-order valence-corrected chi connectivity index (χ1v) is 6.74. The van der Waals surface area contributed by atoms with Crippen LogP contribution in [0.2, 0.25) is 0 Å². The van der Waals surface area contributed by atoms with Crippen molar-refractivity contribution in [1.29, 1.82) is 0 Å². The maximum atomic E-state index is 10.1. The van der Waals surface area contributed by atoms with Gasteiger partial charge >= 0.3 is 0 Å². The fourth-order valence-electron chi connectivity index (χ4n) is 2.69. The van der Waals surface area contributed by atoms with Crippen LogP contribution in [-0.2, 0) is 0 Å². The third-order valence-corrected chi connectivity index (χ3v) is 3.68. The Hall–Kier alpha value is -1.02. The Morgan fingerprint density at radius 3 is 2.88 bits per heavy atom. The number of hydrogen-bond acceptors (Lipinski definition) is 2. The van der Waals surface area contributed by atoms with Crippen LogP contribution in [0, 0.1) is 5.92 Å². The van der Waals surface area contributed by atoms with E-state index >= 15 is 0 Å². The first-order chi connectivity index (χ1) is 8.22. The van der Waals surface area contributed by atoms with Gasteiger partial charge in [-0.2, -0.15) is 0 Å². The molecule has 94 valence electrons. The number of aliphatic hydroxyl groups excluding tert-OH is 1. The molecule has 2 nitrogen and oxygen atoms in total. The number of rotatable bonds is 3. The molecule has 0 amide bonds. The molecule has 1 N–H and O–H groups in total. The van der Waals surface area contributed by atoms with Crippen molar-refractivity contribution >= 4 is 5.69 Å². The zero-order valence-corrected chi connectivity index (χ0v) is 10.9. The zero-order chi connectivity index (χ0) is 12.3. The summed E-state index contributed by atoms with van der Waals surface area (Å²) in [7, 11) is 0. The lowest BCUT2D eigenvalue weighted by atomic mass is 9.97. The fourth-order valence-corrected chi connectivity index (χ4v) is 2.69. The summed E-state index contributed by atoms with van der Waals surface area (Å²) in [6.07, 6.45) is 3.04. The van der Waals surface area contributed by atoms with Gasteiger partial charge in [0.15, 0.2) is 0 Å². The molecule has 1 saturated heterocycles.